The third-order valence-electron chi connectivity index (χ3n) is 2.36. The van der Waals surface area contributed by atoms with Crippen molar-refractivity contribution < 1.29 is 4.74 Å². The molecule has 0 saturated heterocycles. The number of halogens is 1. The van der Waals surface area contributed by atoms with Crippen LogP contribution in [0.5, 0.6) is 5.88 Å². The Morgan fingerprint density at radius 1 is 1.28 bits per heavy atom. The van der Waals surface area contributed by atoms with Crippen LogP contribution < -0.4 is 10.1 Å². The van der Waals surface area contributed by atoms with Crippen LogP contribution in [0.15, 0.2) is 36.7 Å². The zero-order chi connectivity index (χ0) is 12.8. The fraction of sp³-hybridized carbons (Fsp3) is 0.231. The van der Waals surface area contributed by atoms with E-state index in [0.29, 0.717) is 24.2 Å². The van der Waals surface area contributed by atoms with Crippen molar-refractivity contribution in [3.05, 3.63) is 42.2 Å². The molecule has 0 radical (unpaired) electrons. The highest BCUT2D eigenvalue weighted by molar-refractivity contribution is 6.17. The number of para-hydroxylation sites is 1. The standard InChI is InChI=1S/C13H14ClN3O/c1-2-18-13-7-12(15-9-16-13)17-11-6-4-3-5-10(11)8-14/h3-7,9H,2,8H2,1H3,(H,15,16,17). The fourth-order valence-electron chi connectivity index (χ4n) is 1.53. The van der Waals surface area contributed by atoms with Crippen LogP contribution in [0.25, 0.3) is 0 Å². The van der Waals surface area contributed by atoms with Gasteiger partial charge in [0, 0.05) is 17.6 Å². The number of hydrogen-bond donors (Lipinski definition) is 1. The number of benzene rings is 1. The lowest BCUT2D eigenvalue weighted by atomic mass is 10.2. The summed E-state index contributed by atoms with van der Waals surface area (Å²) in [5.74, 6) is 1.69. The van der Waals surface area contributed by atoms with Crippen LogP contribution in [0.1, 0.15) is 12.5 Å². The number of aromatic nitrogens is 2. The van der Waals surface area contributed by atoms with Gasteiger partial charge in [-0.1, -0.05) is 18.2 Å². The Balaban J connectivity index is 2.20. The molecule has 1 heterocycles. The molecule has 18 heavy (non-hydrogen) atoms. The molecule has 0 atom stereocenters. The summed E-state index contributed by atoms with van der Waals surface area (Å²) in [7, 11) is 0. The van der Waals surface area contributed by atoms with Gasteiger partial charge in [0.15, 0.2) is 0 Å². The number of rotatable bonds is 5. The second-order valence-electron chi connectivity index (χ2n) is 3.59. The Kier molecular flexibility index (Phi) is 4.36. The SMILES string of the molecule is CCOc1cc(Nc2ccccc2CCl)ncn1. The number of hydrogen-bond acceptors (Lipinski definition) is 4. The number of nitrogens with one attached hydrogen (secondary N) is 1. The normalized spacial score (nSPS) is 10.1. The Morgan fingerprint density at radius 3 is 2.89 bits per heavy atom. The van der Waals surface area contributed by atoms with Gasteiger partial charge in [0.1, 0.15) is 12.1 Å². The third kappa shape index (κ3) is 3.11. The minimum atomic E-state index is 0.451. The molecule has 4 nitrogen and oxygen atoms in total. The first kappa shape index (κ1) is 12.6. The van der Waals surface area contributed by atoms with E-state index in [2.05, 4.69) is 15.3 Å². The van der Waals surface area contributed by atoms with Gasteiger partial charge in [-0.2, -0.15) is 0 Å². The van der Waals surface area contributed by atoms with Gasteiger partial charge in [0.2, 0.25) is 5.88 Å². The maximum Gasteiger partial charge on any atom is 0.218 e. The Hall–Kier alpha value is -1.81. The molecule has 0 amide bonds. The summed E-state index contributed by atoms with van der Waals surface area (Å²) in [5, 5.41) is 3.21. The molecular weight excluding hydrogens is 250 g/mol. The first-order chi connectivity index (χ1) is 8.83. The topological polar surface area (TPSA) is 47.0 Å². The molecule has 0 saturated carbocycles. The number of anilines is 2. The fourth-order valence-corrected chi connectivity index (χ4v) is 1.76. The third-order valence-corrected chi connectivity index (χ3v) is 2.65. The Bertz CT molecular complexity index is 519. The second kappa shape index (κ2) is 6.21. The molecule has 0 aliphatic heterocycles. The zero-order valence-electron chi connectivity index (χ0n) is 10.1. The molecule has 2 aromatic rings. The predicted molar refractivity (Wildman–Crippen MR) is 72.5 cm³/mol. The zero-order valence-corrected chi connectivity index (χ0v) is 10.8. The van der Waals surface area contributed by atoms with Crippen molar-refractivity contribution in [2.75, 3.05) is 11.9 Å². The van der Waals surface area contributed by atoms with E-state index < -0.39 is 0 Å². The summed E-state index contributed by atoms with van der Waals surface area (Å²) >= 11 is 5.88. The van der Waals surface area contributed by atoms with Crippen LogP contribution in [-0.2, 0) is 5.88 Å². The van der Waals surface area contributed by atoms with E-state index in [1.165, 1.54) is 6.33 Å². The van der Waals surface area contributed by atoms with E-state index in [0.717, 1.165) is 11.3 Å². The highest BCUT2D eigenvalue weighted by Crippen LogP contribution is 2.22. The van der Waals surface area contributed by atoms with Crippen molar-refractivity contribution >= 4 is 23.1 Å². The molecule has 0 unspecified atom stereocenters. The van der Waals surface area contributed by atoms with Crippen LogP contribution in [0.3, 0.4) is 0 Å². The van der Waals surface area contributed by atoms with Crippen LogP contribution in [0.2, 0.25) is 0 Å². The molecule has 2 rings (SSSR count). The molecule has 0 aliphatic rings. The average molecular weight is 264 g/mol. The number of nitrogens with zero attached hydrogens (tertiary/aromatic N) is 2. The average Bonchev–Trinajstić information content (AvgIpc) is 2.40. The van der Waals surface area contributed by atoms with Gasteiger partial charge in [-0.05, 0) is 18.6 Å². The van der Waals surface area contributed by atoms with Gasteiger partial charge < -0.3 is 10.1 Å². The van der Waals surface area contributed by atoms with Crippen molar-refractivity contribution in [3.63, 3.8) is 0 Å². The highest BCUT2D eigenvalue weighted by Gasteiger charge is 2.03. The number of alkyl halides is 1. The monoisotopic (exact) mass is 263 g/mol. The summed E-state index contributed by atoms with van der Waals surface area (Å²) in [6.07, 6.45) is 1.47. The van der Waals surface area contributed by atoms with Gasteiger partial charge >= 0.3 is 0 Å². The molecular formula is C13H14ClN3O. The minimum absolute atomic E-state index is 0.451. The lowest BCUT2D eigenvalue weighted by molar-refractivity contribution is 0.326. The maximum absolute atomic E-state index is 5.88. The largest absolute Gasteiger partial charge is 0.478 e. The summed E-state index contributed by atoms with van der Waals surface area (Å²) in [5.41, 5.74) is 1.96. The van der Waals surface area contributed by atoms with Crippen LogP contribution >= 0.6 is 11.6 Å². The molecule has 1 aromatic heterocycles. The summed E-state index contributed by atoms with van der Waals surface area (Å²) in [6.45, 7) is 2.49. The van der Waals surface area contributed by atoms with E-state index >= 15 is 0 Å². The predicted octanol–water partition coefficient (Wildman–Crippen LogP) is 3.36. The van der Waals surface area contributed by atoms with Crippen molar-refractivity contribution in [2.24, 2.45) is 0 Å². The van der Waals surface area contributed by atoms with Gasteiger partial charge in [-0.15, -0.1) is 11.6 Å². The quantitative estimate of drug-likeness (QED) is 0.841. The highest BCUT2D eigenvalue weighted by atomic mass is 35.5. The molecule has 1 aromatic carbocycles. The maximum atomic E-state index is 5.88. The Labute approximate surface area is 111 Å². The molecule has 0 aliphatic carbocycles. The van der Waals surface area contributed by atoms with Gasteiger partial charge in [-0.3, -0.25) is 0 Å². The molecule has 0 bridgehead atoms. The van der Waals surface area contributed by atoms with E-state index in [9.17, 15) is 0 Å². The molecule has 5 heteroatoms. The summed E-state index contributed by atoms with van der Waals surface area (Å²) in [6, 6.07) is 9.59. The van der Waals surface area contributed by atoms with E-state index in [-0.39, 0.29) is 0 Å². The lowest BCUT2D eigenvalue weighted by Gasteiger charge is -2.10. The molecule has 0 spiro atoms. The minimum Gasteiger partial charge on any atom is -0.478 e. The first-order valence-corrected chi connectivity index (χ1v) is 6.22. The first-order valence-electron chi connectivity index (χ1n) is 5.69. The molecule has 94 valence electrons. The molecule has 1 N–H and O–H groups in total. The van der Waals surface area contributed by atoms with Gasteiger partial charge in [0.05, 0.1) is 6.61 Å². The summed E-state index contributed by atoms with van der Waals surface area (Å²) < 4.78 is 5.32. The van der Waals surface area contributed by atoms with Crippen LogP contribution in [0, 0.1) is 0 Å². The van der Waals surface area contributed by atoms with E-state index in [1.54, 1.807) is 6.07 Å². The van der Waals surface area contributed by atoms with Gasteiger partial charge in [0.25, 0.3) is 0 Å². The van der Waals surface area contributed by atoms with Crippen molar-refractivity contribution in [3.8, 4) is 5.88 Å². The van der Waals surface area contributed by atoms with Crippen molar-refractivity contribution in [2.45, 2.75) is 12.8 Å². The number of ether oxygens (including phenoxy) is 1. The van der Waals surface area contributed by atoms with E-state index in [1.807, 2.05) is 31.2 Å². The van der Waals surface area contributed by atoms with Crippen molar-refractivity contribution in [1.29, 1.82) is 0 Å². The van der Waals surface area contributed by atoms with Crippen LogP contribution in [-0.4, -0.2) is 16.6 Å². The Morgan fingerprint density at radius 2 is 2.11 bits per heavy atom. The summed E-state index contributed by atoms with van der Waals surface area (Å²) in [4.78, 5) is 8.16. The lowest BCUT2D eigenvalue weighted by Crippen LogP contribution is -2.00. The van der Waals surface area contributed by atoms with Crippen molar-refractivity contribution in [1.82, 2.24) is 9.97 Å². The van der Waals surface area contributed by atoms with E-state index in [4.69, 9.17) is 16.3 Å². The van der Waals surface area contributed by atoms with Crippen LogP contribution in [0.4, 0.5) is 11.5 Å². The smallest absolute Gasteiger partial charge is 0.218 e. The second-order valence-corrected chi connectivity index (χ2v) is 3.86. The molecule has 0 fully saturated rings. The van der Waals surface area contributed by atoms with Gasteiger partial charge in [-0.25, -0.2) is 9.97 Å².